The molecule has 0 aliphatic heterocycles. The first-order valence-electron chi connectivity index (χ1n) is 9.59. The van der Waals surface area contributed by atoms with E-state index in [-0.39, 0.29) is 29.3 Å². The molecule has 3 aromatic rings. The van der Waals surface area contributed by atoms with Gasteiger partial charge in [-0.15, -0.1) is 12.4 Å². The van der Waals surface area contributed by atoms with Gasteiger partial charge >= 0.3 is 0 Å². The summed E-state index contributed by atoms with van der Waals surface area (Å²) in [6, 6.07) is 14.7. The molecule has 0 radical (unpaired) electrons. The number of nitrogens with one attached hydrogen (secondary N) is 2. The second-order valence-electron chi connectivity index (χ2n) is 8.05. The number of phenols is 1. The number of phenolic OH excluding ortho intramolecular Hbond substituents is 1. The van der Waals surface area contributed by atoms with E-state index in [1.54, 1.807) is 12.1 Å². The van der Waals surface area contributed by atoms with Gasteiger partial charge in [-0.2, -0.15) is 0 Å². The first-order chi connectivity index (χ1) is 13.2. The number of hydrogen-bond acceptors (Lipinski definition) is 4. The van der Waals surface area contributed by atoms with Crippen molar-refractivity contribution in [2.45, 2.75) is 45.3 Å². The van der Waals surface area contributed by atoms with Crippen molar-refractivity contribution in [1.29, 1.82) is 0 Å². The minimum atomic E-state index is -0.757. The number of aliphatic hydroxyl groups is 1. The Morgan fingerprint density at radius 3 is 2.62 bits per heavy atom. The number of aromatic hydroxyl groups is 1. The zero-order valence-electron chi connectivity index (χ0n) is 17.0. The highest BCUT2D eigenvalue weighted by Crippen LogP contribution is 2.29. The van der Waals surface area contributed by atoms with Gasteiger partial charge in [-0.1, -0.05) is 35.9 Å². The molecule has 0 aliphatic carbocycles. The van der Waals surface area contributed by atoms with Gasteiger partial charge < -0.3 is 20.5 Å². The van der Waals surface area contributed by atoms with Crippen LogP contribution in [-0.4, -0.2) is 27.3 Å². The van der Waals surface area contributed by atoms with Gasteiger partial charge in [0.25, 0.3) is 0 Å². The van der Waals surface area contributed by atoms with Crippen molar-refractivity contribution in [2.24, 2.45) is 0 Å². The molecule has 0 bridgehead atoms. The maximum atomic E-state index is 11.5. The average Bonchev–Trinajstić information content (AvgIpc) is 2.65. The smallest absolute Gasteiger partial charge is 0.248 e. The molecule has 5 nitrogen and oxygen atoms in total. The van der Waals surface area contributed by atoms with Crippen molar-refractivity contribution in [2.75, 3.05) is 6.54 Å². The first-order valence-corrected chi connectivity index (χ1v) is 9.59. The SMILES string of the molecule is Cc1cccc(CCC(C)(C)NCC(O)c2ccc(O)c3[nH]c(=O)ccc23)c1.Cl. The van der Waals surface area contributed by atoms with E-state index < -0.39 is 6.10 Å². The molecule has 156 valence electrons. The number of β-amino-alcohol motifs (C(OH)–C–C–N with tert-alkyl or cyclic N) is 1. The zero-order valence-corrected chi connectivity index (χ0v) is 17.8. The Hall–Kier alpha value is -2.34. The molecule has 0 fully saturated rings. The number of aromatic amines is 1. The average molecular weight is 417 g/mol. The molecule has 0 aliphatic rings. The summed E-state index contributed by atoms with van der Waals surface area (Å²) in [5.74, 6) is -0.00454. The van der Waals surface area contributed by atoms with Crippen LogP contribution in [0.5, 0.6) is 5.75 Å². The number of aromatic nitrogens is 1. The lowest BCUT2D eigenvalue weighted by molar-refractivity contribution is 0.160. The van der Waals surface area contributed by atoms with E-state index in [0.29, 0.717) is 23.0 Å². The molecule has 0 amide bonds. The minimum Gasteiger partial charge on any atom is -0.506 e. The van der Waals surface area contributed by atoms with Crippen molar-refractivity contribution in [3.63, 3.8) is 0 Å². The lowest BCUT2D eigenvalue weighted by Gasteiger charge is -2.28. The normalized spacial score (nSPS) is 12.6. The number of halogens is 1. The second kappa shape index (κ2) is 9.44. The number of aryl methyl sites for hydroxylation is 2. The van der Waals surface area contributed by atoms with Gasteiger partial charge in [-0.25, -0.2) is 0 Å². The lowest BCUT2D eigenvalue weighted by atomic mass is 9.94. The Bertz CT molecular complexity index is 1030. The Morgan fingerprint density at radius 1 is 1.14 bits per heavy atom. The molecule has 1 aromatic heterocycles. The molecule has 29 heavy (non-hydrogen) atoms. The van der Waals surface area contributed by atoms with Crippen molar-refractivity contribution in [3.8, 4) is 5.75 Å². The highest BCUT2D eigenvalue weighted by atomic mass is 35.5. The molecule has 0 saturated heterocycles. The quantitative estimate of drug-likeness (QED) is 0.469. The number of fused-ring (bicyclic) bond motifs is 1. The Balaban J connectivity index is 0.00000300. The maximum absolute atomic E-state index is 11.5. The fraction of sp³-hybridized carbons (Fsp3) is 0.348. The van der Waals surface area contributed by atoms with Gasteiger partial charge in [0.05, 0.1) is 11.6 Å². The Morgan fingerprint density at radius 2 is 1.90 bits per heavy atom. The van der Waals surface area contributed by atoms with Crippen LogP contribution in [0.15, 0.2) is 53.3 Å². The van der Waals surface area contributed by atoms with E-state index in [4.69, 9.17) is 0 Å². The summed E-state index contributed by atoms with van der Waals surface area (Å²) in [6.45, 7) is 6.72. The number of H-pyrrole nitrogens is 1. The van der Waals surface area contributed by atoms with Crippen LogP contribution in [0.1, 0.15) is 43.1 Å². The van der Waals surface area contributed by atoms with Gasteiger partial charge in [0.2, 0.25) is 5.56 Å². The van der Waals surface area contributed by atoms with Gasteiger partial charge in [0.1, 0.15) is 5.75 Å². The molecular weight excluding hydrogens is 388 g/mol. The zero-order chi connectivity index (χ0) is 20.3. The van der Waals surface area contributed by atoms with E-state index in [1.807, 2.05) is 0 Å². The van der Waals surface area contributed by atoms with Gasteiger partial charge in [0.15, 0.2) is 0 Å². The van der Waals surface area contributed by atoms with Crippen LogP contribution in [-0.2, 0) is 6.42 Å². The minimum absolute atomic E-state index is 0. The maximum Gasteiger partial charge on any atom is 0.248 e. The first kappa shape index (κ1) is 22.9. The fourth-order valence-electron chi connectivity index (χ4n) is 3.45. The predicted molar refractivity (Wildman–Crippen MR) is 120 cm³/mol. The summed E-state index contributed by atoms with van der Waals surface area (Å²) >= 11 is 0. The molecule has 4 N–H and O–H groups in total. The summed E-state index contributed by atoms with van der Waals surface area (Å²) in [5, 5.41) is 24.8. The highest BCUT2D eigenvalue weighted by molar-refractivity contribution is 5.87. The van der Waals surface area contributed by atoms with Gasteiger partial charge in [-0.05, 0) is 56.9 Å². The number of pyridine rings is 1. The monoisotopic (exact) mass is 416 g/mol. The van der Waals surface area contributed by atoms with E-state index in [0.717, 1.165) is 12.8 Å². The van der Waals surface area contributed by atoms with Crippen LogP contribution in [0.2, 0.25) is 0 Å². The molecule has 0 saturated carbocycles. The second-order valence-corrected chi connectivity index (χ2v) is 8.05. The van der Waals surface area contributed by atoms with E-state index in [9.17, 15) is 15.0 Å². The van der Waals surface area contributed by atoms with Crippen molar-refractivity contribution >= 4 is 23.3 Å². The summed E-state index contributed by atoms with van der Waals surface area (Å²) in [6.07, 6.45) is 1.14. The number of rotatable bonds is 7. The third-order valence-corrected chi connectivity index (χ3v) is 5.16. The number of aliphatic hydroxyl groups excluding tert-OH is 1. The summed E-state index contributed by atoms with van der Waals surface area (Å²) in [7, 11) is 0. The van der Waals surface area contributed by atoms with Gasteiger partial charge in [-0.3, -0.25) is 4.79 Å². The third-order valence-electron chi connectivity index (χ3n) is 5.16. The van der Waals surface area contributed by atoms with E-state index in [1.165, 1.54) is 23.3 Å². The lowest BCUT2D eigenvalue weighted by Crippen LogP contribution is -2.42. The third kappa shape index (κ3) is 5.82. The number of hydrogen-bond donors (Lipinski definition) is 4. The van der Waals surface area contributed by atoms with Crippen molar-refractivity contribution in [1.82, 2.24) is 10.3 Å². The van der Waals surface area contributed by atoms with Crippen LogP contribution in [0, 0.1) is 6.92 Å². The van der Waals surface area contributed by atoms with Crippen LogP contribution in [0.25, 0.3) is 10.9 Å². The van der Waals surface area contributed by atoms with E-state index >= 15 is 0 Å². The molecular formula is C23H29ClN2O3. The molecule has 2 aromatic carbocycles. The van der Waals surface area contributed by atoms with Crippen molar-refractivity contribution in [3.05, 3.63) is 75.6 Å². The highest BCUT2D eigenvalue weighted by Gasteiger charge is 2.20. The standard InChI is InChI=1S/C23H28N2O3.ClH/c1-15-5-4-6-16(13-15)11-12-23(2,3)24-14-20(27)17-7-9-19(26)22-18(17)8-10-21(28)25-22;/h4-10,13,20,24,26-27H,11-12,14H2,1-3H3,(H,25,28);1H. The predicted octanol–water partition coefficient (Wildman–Crippen LogP) is 4.00. The Kier molecular flexibility index (Phi) is 7.47. The summed E-state index contributed by atoms with van der Waals surface area (Å²) < 4.78 is 0. The fourth-order valence-corrected chi connectivity index (χ4v) is 3.45. The van der Waals surface area contributed by atoms with Crippen LogP contribution in [0.4, 0.5) is 0 Å². The van der Waals surface area contributed by atoms with E-state index in [2.05, 4.69) is 55.3 Å². The molecule has 6 heteroatoms. The van der Waals surface area contributed by atoms with Crippen LogP contribution in [0.3, 0.4) is 0 Å². The molecule has 1 heterocycles. The molecule has 1 unspecified atom stereocenters. The molecule has 1 atom stereocenters. The van der Waals surface area contributed by atoms with Crippen molar-refractivity contribution < 1.29 is 10.2 Å². The summed E-state index contributed by atoms with van der Waals surface area (Å²) in [4.78, 5) is 14.2. The van der Waals surface area contributed by atoms with Crippen LogP contribution >= 0.6 is 12.4 Å². The molecule has 0 spiro atoms. The summed E-state index contributed by atoms with van der Waals surface area (Å²) in [5.41, 5.74) is 3.16. The van der Waals surface area contributed by atoms with Gasteiger partial charge in [0, 0.05) is 23.5 Å². The Labute approximate surface area is 177 Å². The number of benzene rings is 2. The molecule has 3 rings (SSSR count). The largest absolute Gasteiger partial charge is 0.506 e. The topological polar surface area (TPSA) is 85.3 Å². The van der Waals surface area contributed by atoms with Crippen LogP contribution < -0.4 is 10.9 Å².